The van der Waals surface area contributed by atoms with E-state index in [1.165, 1.54) is 11.8 Å². The average molecular weight is 306 g/mol. The van der Waals surface area contributed by atoms with E-state index in [0.717, 1.165) is 0 Å². The highest BCUT2D eigenvalue weighted by Crippen LogP contribution is 2.22. The Bertz CT molecular complexity index is 570. The van der Waals surface area contributed by atoms with Crippen molar-refractivity contribution in [3.8, 4) is 0 Å². The minimum Gasteiger partial charge on any atom is -0.462 e. The molecule has 1 aliphatic rings. The zero-order valence-electron chi connectivity index (χ0n) is 12.5. The lowest BCUT2D eigenvalue weighted by Gasteiger charge is -2.13. The van der Waals surface area contributed by atoms with Crippen molar-refractivity contribution < 1.29 is 23.9 Å². The Morgan fingerprint density at radius 3 is 2.64 bits per heavy atom. The normalized spacial score (nSPS) is 17.1. The summed E-state index contributed by atoms with van der Waals surface area (Å²) in [6.45, 7) is 4.07. The Balaban J connectivity index is 2.01. The molecule has 0 bridgehead atoms. The van der Waals surface area contributed by atoms with Crippen molar-refractivity contribution in [1.82, 2.24) is 5.32 Å². The predicted molar refractivity (Wildman–Crippen MR) is 78.7 cm³/mol. The maximum absolute atomic E-state index is 11.9. The van der Waals surface area contributed by atoms with Gasteiger partial charge in [0.1, 0.15) is 6.10 Å². The van der Waals surface area contributed by atoms with Crippen molar-refractivity contribution in [3.63, 3.8) is 0 Å². The third-order valence-corrected chi connectivity index (χ3v) is 3.14. The highest BCUT2D eigenvalue weighted by atomic mass is 16.6. The molecule has 2 rings (SSSR count). The number of nitrogens with zero attached hydrogens (tertiary/aromatic N) is 1. The second kappa shape index (κ2) is 6.93. The van der Waals surface area contributed by atoms with E-state index in [9.17, 15) is 14.4 Å². The Morgan fingerprint density at radius 2 is 2.05 bits per heavy atom. The third-order valence-electron chi connectivity index (χ3n) is 3.14. The number of carbonyl (C=O) groups is 3. The molecule has 0 saturated carbocycles. The standard InChI is InChI=1S/C15H18N2O5/c1-3-21-14(19)11-4-6-12(7-5-11)17-9-13(22-15(17)20)8-16-10(2)18/h4-7,13H,3,8-9H2,1-2H3,(H,16,18)/t13-/m0/s1. The van der Waals surface area contributed by atoms with Crippen LogP contribution in [0.25, 0.3) is 0 Å². The molecule has 1 saturated heterocycles. The average Bonchev–Trinajstić information content (AvgIpc) is 2.86. The smallest absolute Gasteiger partial charge is 0.414 e. The Morgan fingerprint density at radius 1 is 1.36 bits per heavy atom. The van der Waals surface area contributed by atoms with Gasteiger partial charge in [-0.1, -0.05) is 0 Å². The van der Waals surface area contributed by atoms with Crippen LogP contribution in [0.4, 0.5) is 10.5 Å². The summed E-state index contributed by atoms with van der Waals surface area (Å²) in [4.78, 5) is 35.8. The molecule has 1 N–H and O–H groups in total. The van der Waals surface area contributed by atoms with Gasteiger partial charge in [0.05, 0.1) is 25.3 Å². The van der Waals surface area contributed by atoms with Crippen LogP contribution < -0.4 is 10.2 Å². The van der Waals surface area contributed by atoms with E-state index in [-0.39, 0.29) is 18.6 Å². The number of hydrogen-bond donors (Lipinski definition) is 1. The number of hydrogen-bond acceptors (Lipinski definition) is 5. The van der Waals surface area contributed by atoms with Crippen molar-refractivity contribution >= 4 is 23.7 Å². The van der Waals surface area contributed by atoms with E-state index in [4.69, 9.17) is 9.47 Å². The Labute approximate surface area is 128 Å². The van der Waals surface area contributed by atoms with Gasteiger partial charge in [-0.15, -0.1) is 0 Å². The van der Waals surface area contributed by atoms with Crippen LogP contribution in [0, 0.1) is 0 Å². The van der Waals surface area contributed by atoms with Gasteiger partial charge in [-0.25, -0.2) is 9.59 Å². The van der Waals surface area contributed by atoms with Crippen molar-refractivity contribution in [2.75, 3.05) is 24.6 Å². The zero-order chi connectivity index (χ0) is 16.1. The number of benzene rings is 1. The fourth-order valence-electron chi connectivity index (χ4n) is 2.09. The Kier molecular flexibility index (Phi) is 4.98. The van der Waals surface area contributed by atoms with Gasteiger partial charge in [-0.05, 0) is 31.2 Å². The molecule has 7 nitrogen and oxygen atoms in total. The molecule has 0 unspecified atom stereocenters. The summed E-state index contributed by atoms with van der Waals surface area (Å²) in [6, 6.07) is 6.52. The largest absolute Gasteiger partial charge is 0.462 e. The maximum Gasteiger partial charge on any atom is 0.414 e. The number of anilines is 1. The van der Waals surface area contributed by atoms with Gasteiger partial charge in [0.2, 0.25) is 5.91 Å². The molecule has 1 aromatic carbocycles. The van der Waals surface area contributed by atoms with Gasteiger partial charge in [0, 0.05) is 12.6 Å². The second-order valence-corrected chi connectivity index (χ2v) is 4.82. The minimum absolute atomic E-state index is 0.173. The quantitative estimate of drug-likeness (QED) is 0.829. The van der Waals surface area contributed by atoms with E-state index in [0.29, 0.717) is 24.4 Å². The van der Waals surface area contributed by atoms with Crippen molar-refractivity contribution in [2.45, 2.75) is 20.0 Å². The molecule has 1 aromatic rings. The summed E-state index contributed by atoms with van der Waals surface area (Å²) in [5, 5.41) is 2.61. The molecule has 2 amide bonds. The van der Waals surface area contributed by atoms with Gasteiger partial charge in [0.15, 0.2) is 0 Å². The van der Waals surface area contributed by atoms with Crippen LogP contribution in [0.1, 0.15) is 24.2 Å². The highest BCUT2D eigenvalue weighted by Gasteiger charge is 2.32. The van der Waals surface area contributed by atoms with E-state index < -0.39 is 12.1 Å². The lowest BCUT2D eigenvalue weighted by molar-refractivity contribution is -0.119. The maximum atomic E-state index is 11.9. The van der Waals surface area contributed by atoms with E-state index in [1.54, 1.807) is 31.2 Å². The van der Waals surface area contributed by atoms with E-state index in [2.05, 4.69) is 5.32 Å². The number of nitrogens with one attached hydrogen (secondary N) is 1. The molecule has 0 aliphatic carbocycles. The van der Waals surface area contributed by atoms with Crippen LogP contribution in [-0.4, -0.2) is 43.8 Å². The predicted octanol–water partition coefficient (Wildman–Crippen LogP) is 1.32. The molecule has 0 aromatic heterocycles. The van der Waals surface area contributed by atoms with Crippen LogP contribution in [0.3, 0.4) is 0 Å². The van der Waals surface area contributed by atoms with Crippen molar-refractivity contribution in [2.24, 2.45) is 0 Å². The summed E-state index contributed by atoms with van der Waals surface area (Å²) >= 11 is 0. The molecule has 22 heavy (non-hydrogen) atoms. The van der Waals surface area contributed by atoms with Crippen LogP contribution in [0.2, 0.25) is 0 Å². The SMILES string of the molecule is CCOC(=O)c1ccc(N2C[C@H](CNC(C)=O)OC2=O)cc1. The number of amides is 2. The van der Waals surface area contributed by atoms with Crippen LogP contribution >= 0.6 is 0 Å². The number of carbonyl (C=O) groups excluding carboxylic acids is 3. The lowest BCUT2D eigenvalue weighted by Crippen LogP contribution is -2.33. The van der Waals surface area contributed by atoms with Gasteiger partial charge in [-0.2, -0.15) is 0 Å². The summed E-state index contributed by atoms with van der Waals surface area (Å²) in [5.74, 6) is -0.574. The van der Waals surface area contributed by atoms with Crippen LogP contribution in [-0.2, 0) is 14.3 Å². The van der Waals surface area contributed by atoms with E-state index in [1.807, 2.05) is 0 Å². The fourth-order valence-corrected chi connectivity index (χ4v) is 2.09. The fraction of sp³-hybridized carbons (Fsp3) is 0.400. The first-order chi connectivity index (χ1) is 10.5. The minimum atomic E-state index is -0.473. The first kappa shape index (κ1) is 15.8. The topological polar surface area (TPSA) is 84.9 Å². The van der Waals surface area contributed by atoms with Crippen molar-refractivity contribution in [3.05, 3.63) is 29.8 Å². The Hall–Kier alpha value is -2.57. The number of esters is 1. The molecule has 7 heteroatoms. The van der Waals surface area contributed by atoms with Gasteiger partial charge < -0.3 is 14.8 Å². The summed E-state index contributed by atoms with van der Waals surface area (Å²) < 4.78 is 10.1. The molecule has 1 aliphatic heterocycles. The monoisotopic (exact) mass is 306 g/mol. The van der Waals surface area contributed by atoms with Gasteiger partial charge >= 0.3 is 12.1 Å². The van der Waals surface area contributed by atoms with Crippen LogP contribution in [0.5, 0.6) is 0 Å². The number of ether oxygens (including phenoxy) is 2. The summed E-state index contributed by atoms with van der Waals surface area (Å²) in [7, 11) is 0. The molecular weight excluding hydrogens is 288 g/mol. The highest BCUT2D eigenvalue weighted by molar-refractivity contribution is 5.92. The molecule has 1 heterocycles. The lowest BCUT2D eigenvalue weighted by atomic mass is 10.2. The number of rotatable bonds is 5. The molecule has 0 radical (unpaired) electrons. The molecule has 0 spiro atoms. The first-order valence-electron chi connectivity index (χ1n) is 7.01. The molecule has 118 valence electrons. The van der Waals surface area contributed by atoms with E-state index >= 15 is 0 Å². The van der Waals surface area contributed by atoms with Gasteiger partial charge in [-0.3, -0.25) is 9.69 Å². The van der Waals surface area contributed by atoms with Gasteiger partial charge in [0.25, 0.3) is 0 Å². The molecule has 1 atom stereocenters. The summed E-state index contributed by atoms with van der Waals surface area (Å²) in [5.41, 5.74) is 1.05. The zero-order valence-corrected chi connectivity index (χ0v) is 12.5. The summed E-state index contributed by atoms with van der Waals surface area (Å²) in [6.07, 6.45) is -0.861. The second-order valence-electron chi connectivity index (χ2n) is 4.82. The number of cyclic esters (lactones) is 1. The first-order valence-corrected chi connectivity index (χ1v) is 7.01. The van der Waals surface area contributed by atoms with Crippen molar-refractivity contribution in [1.29, 1.82) is 0 Å². The molecule has 1 fully saturated rings. The third kappa shape index (κ3) is 3.75. The van der Waals surface area contributed by atoms with Crippen LogP contribution in [0.15, 0.2) is 24.3 Å². The molecular formula is C15H18N2O5.